The average molecular weight is 852 g/mol. The zero-order chi connectivity index (χ0) is 43.7. The second kappa shape index (κ2) is 41.7. The van der Waals surface area contributed by atoms with Crippen LogP contribution in [-0.2, 0) is 14.3 Å². The highest BCUT2D eigenvalue weighted by Crippen LogP contribution is 2.23. The lowest BCUT2D eigenvalue weighted by Crippen LogP contribution is -2.60. The number of hydrogen-bond donors (Lipinski definition) is 6. The van der Waals surface area contributed by atoms with Crippen LogP contribution < -0.4 is 5.32 Å². The van der Waals surface area contributed by atoms with Gasteiger partial charge in [0.2, 0.25) is 5.91 Å². The van der Waals surface area contributed by atoms with Gasteiger partial charge < -0.3 is 40.3 Å². The first kappa shape index (κ1) is 56.7. The minimum atomic E-state index is -1.57. The molecule has 1 fully saturated rings. The van der Waals surface area contributed by atoms with E-state index >= 15 is 0 Å². The van der Waals surface area contributed by atoms with Crippen molar-refractivity contribution in [2.75, 3.05) is 13.2 Å². The number of unbranched alkanes of at least 4 members (excludes halogenated alkanes) is 31. The number of rotatable bonds is 43. The number of carbonyl (C=O) groups excluding carboxylic acids is 1. The molecule has 0 radical (unpaired) electrons. The quantitative estimate of drug-likeness (QED) is 0.0262. The number of amides is 1. The van der Waals surface area contributed by atoms with Crippen LogP contribution in [0.3, 0.4) is 0 Å². The molecule has 0 aromatic carbocycles. The number of aliphatic hydroxyl groups excluding tert-OH is 5. The molecule has 1 rings (SSSR count). The molecule has 7 atom stereocenters. The molecule has 0 bridgehead atoms. The zero-order valence-electron chi connectivity index (χ0n) is 39.0. The minimum absolute atomic E-state index is 0.179. The van der Waals surface area contributed by atoms with Crippen molar-refractivity contribution in [1.82, 2.24) is 5.32 Å². The maximum Gasteiger partial charge on any atom is 0.220 e. The van der Waals surface area contributed by atoms with Crippen molar-refractivity contribution in [3.8, 4) is 0 Å². The largest absolute Gasteiger partial charge is 0.394 e. The van der Waals surface area contributed by atoms with Crippen LogP contribution in [0.15, 0.2) is 24.3 Å². The minimum Gasteiger partial charge on any atom is -0.394 e. The van der Waals surface area contributed by atoms with Gasteiger partial charge in [-0.15, -0.1) is 0 Å². The highest BCUT2D eigenvalue weighted by atomic mass is 16.7. The van der Waals surface area contributed by atoms with Gasteiger partial charge in [-0.3, -0.25) is 4.79 Å². The van der Waals surface area contributed by atoms with Gasteiger partial charge in [0.15, 0.2) is 6.29 Å². The van der Waals surface area contributed by atoms with Crippen LogP contribution >= 0.6 is 0 Å². The topological polar surface area (TPSA) is 149 Å². The van der Waals surface area contributed by atoms with Gasteiger partial charge >= 0.3 is 0 Å². The zero-order valence-corrected chi connectivity index (χ0v) is 39.0. The molecule has 7 unspecified atom stereocenters. The summed E-state index contributed by atoms with van der Waals surface area (Å²) in [6.07, 6.45) is 43.6. The van der Waals surface area contributed by atoms with Gasteiger partial charge in [0.1, 0.15) is 24.4 Å². The van der Waals surface area contributed by atoms with Crippen molar-refractivity contribution in [2.24, 2.45) is 0 Å². The second-order valence-corrected chi connectivity index (χ2v) is 18.0. The number of nitrogens with one attached hydrogen (secondary N) is 1. The van der Waals surface area contributed by atoms with Crippen LogP contribution in [0.4, 0.5) is 0 Å². The Morgan fingerprint density at radius 3 is 1.35 bits per heavy atom. The molecule has 1 heterocycles. The van der Waals surface area contributed by atoms with Crippen molar-refractivity contribution in [3.05, 3.63) is 24.3 Å². The highest BCUT2D eigenvalue weighted by molar-refractivity contribution is 5.76. The van der Waals surface area contributed by atoms with E-state index in [0.717, 1.165) is 38.5 Å². The molecular weight excluding hydrogens is 755 g/mol. The van der Waals surface area contributed by atoms with Crippen LogP contribution in [0.25, 0.3) is 0 Å². The fourth-order valence-corrected chi connectivity index (χ4v) is 8.15. The first-order valence-corrected chi connectivity index (χ1v) is 25.6. The van der Waals surface area contributed by atoms with Gasteiger partial charge in [0.25, 0.3) is 0 Å². The smallest absolute Gasteiger partial charge is 0.220 e. The van der Waals surface area contributed by atoms with E-state index in [0.29, 0.717) is 6.42 Å². The summed E-state index contributed by atoms with van der Waals surface area (Å²) in [4.78, 5) is 13.0. The Labute approximate surface area is 369 Å². The maximum atomic E-state index is 13.0. The van der Waals surface area contributed by atoms with Gasteiger partial charge in [-0.05, 0) is 44.9 Å². The average Bonchev–Trinajstić information content (AvgIpc) is 3.25. The summed E-state index contributed by atoms with van der Waals surface area (Å²) in [6.45, 7) is 3.79. The molecule has 60 heavy (non-hydrogen) atoms. The van der Waals surface area contributed by atoms with Gasteiger partial charge in [0, 0.05) is 6.42 Å². The standard InChI is InChI=1S/C51H97NO8/c1-3-5-7-9-11-13-15-17-19-21-22-23-24-25-27-29-31-33-35-37-39-41-47(55)52-44(43-59-51-50(58)49(57)48(56)46(42-53)60-51)45(54)40-38-36-34-32-30-28-26-20-18-16-14-12-10-8-6-4-2/h23-24,38,40,44-46,48-51,53-54,56-58H,3-22,25-37,39,41-43H2,1-2H3,(H,52,55)/b24-23-,40-38+. The van der Waals surface area contributed by atoms with Crippen molar-refractivity contribution >= 4 is 5.91 Å². The van der Waals surface area contributed by atoms with E-state index in [1.54, 1.807) is 6.08 Å². The number of allylic oxidation sites excluding steroid dienone is 3. The summed E-state index contributed by atoms with van der Waals surface area (Å²) < 4.78 is 11.2. The van der Waals surface area contributed by atoms with Crippen LogP contribution in [0.1, 0.15) is 239 Å². The fraction of sp³-hybridized carbons (Fsp3) is 0.902. The third kappa shape index (κ3) is 31.5. The van der Waals surface area contributed by atoms with Crippen molar-refractivity contribution in [1.29, 1.82) is 0 Å². The Kier molecular flexibility index (Phi) is 39.4. The molecule has 0 aromatic rings. The van der Waals surface area contributed by atoms with Gasteiger partial charge in [0.05, 0.1) is 25.4 Å². The molecule has 0 saturated carbocycles. The normalized spacial score (nSPS) is 20.7. The third-order valence-electron chi connectivity index (χ3n) is 12.3. The lowest BCUT2D eigenvalue weighted by molar-refractivity contribution is -0.302. The van der Waals surface area contributed by atoms with Crippen LogP contribution in [0, 0.1) is 0 Å². The van der Waals surface area contributed by atoms with E-state index in [1.807, 2.05) is 6.08 Å². The Bertz CT molecular complexity index is 992. The number of hydrogen-bond acceptors (Lipinski definition) is 8. The van der Waals surface area contributed by atoms with E-state index < -0.39 is 49.5 Å². The predicted molar refractivity (Wildman–Crippen MR) is 249 cm³/mol. The predicted octanol–water partition coefficient (Wildman–Crippen LogP) is 11.5. The molecule has 1 aliphatic rings. The van der Waals surface area contributed by atoms with Gasteiger partial charge in [-0.1, -0.05) is 212 Å². The first-order chi connectivity index (χ1) is 29.3. The molecular formula is C51H97NO8. The van der Waals surface area contributed by atoms with E-state index in [-0.39, 0.29) is 12.5 Å². The van der Waals surface area contributed by atoms with E-state index in [1.165, 1.54) is 180 Å². The lowest BCUT2D eigenvalue weighted by Gasteiger charge is -2.40. The highest BCUT2D eigenvalue weighted by Gasteiger charge is 2.44. The molecule has 1 amide bonds. The third-order valence-corrected chi connectivity index (χ3v) is 12.3. The van der Waals surface area contributed by atoms with Crippen molar-refractivity contribution < 1.29 is 39.8 Å². The van der Waals surface area contributed by atoms with E-state index in [9.17, 15) is 30.3 Å². The summed E-state index contributed by atoms with van der Waals surface area (Å²) in [5.41, 5.74) is 0. The Morgan fingerprint density at radius 1 is 0.550 bits per heavy atom. The summed E-state index contributed by atoms with van der Waals surface area (Å²) in [5, 5.41) is 54.3. The second-order valence-electron chi connectivity index (χ2n) is 18.0. The molecule has 1 saturated heterocycles. The maximum absolute atomic E-state index is 13.0. The Balaban J connectivity index is 2.29. The summed E-state index contributed by atoms with van der Waals surface area (Å²) in [6, 6.07) is -0.804. The number of ether oxygens (including phenoxy) is 2. The molecule has 0 aliphatic carbocycles. The van der Waals surface area contributed by atoms with Crippen LogP contribution in [0.5, 0.6) is 0 Å². The Hall–Kier alpha value is -1.33. The molecule has 0 aromatic heterocycles. The molecule has 0 spiro atoms. The number of aliphatic hydroxyl groups is 5. The van der Waals surface area contributed by atoms with E-state index in [2.05, 4.69) is 31.3 Å². The van der Waals surface area contributed by atoms with Crippen LogP contribution in [-0.4, -0.2) is 87.5 Å². The summed E-state index contributed by atoms with van der Waals surface area (Å²) >= 11 is 0. The fourth-order valence-electron chi connectivity index (χ4n) is 8.15. The van der Waals surface area contributed by atoms with Crippen molar-refractivity contribution in [2.45, 2.75) is 281 Å². The molecule has 9 nitrogen and oxygen atoms in total. The van der Waals surface area contributed by atoms with Gasteiger partial charge in [-0.2, -0.15) is 0 Å². The van der Waals surface area contributed by atoms with Crippen LogP contribution in [0.2, 0.25) is 0 Å². The SMILES string of the molecule is CCCCCCCCCCCC/C=C\CCCCCCCCCC(=O)NC(COC1OC(CO)C(O)C(O)C1O)C(O)/C=C/CCCCCCCCCCCCCCCC. The number of carbonyl (C=O) groups is 1. The first-order valence-electron chi connectivity index (χ1n) is 25.6. The van der Waals surface area contributed by atoms with Crippen molar-refractivity contribution in [3.63, 3.8) is 0 Å². The molecule has 1 aliphatic heterocycles. The summed E-state index contributed by atoms with van der Waals surface area (Å²) in [5.74, 6) is -0.179. The molecule has 9 heteroatoms. The van der Waals surface area contributed by atoms with Gasteiger partial charge in [-0.25, -0.2) is 0 Å². The molecule has 6 N–H and O–H groups in total. The lowest BCUT2D eigenvalue weighted by atomic mass is 9.99. The Morgan fingerprint density at radius 2 is 0.933 bits per heavy atom. The molecule has 354 valence electrons. The summed E-state index contributed by atoms with van der Waals surface area (Å²) in [7, 11) is 0. The van der Waals surface area contributed by atoms with E-state index in [4.69, 9.17) is 9.47 Å². The monoisotopic (exact) mass is 852 g/mol.